The minimum Gasteiger partial charge on any atom is -0.480 e. The number of nitrogens with one attached hydrogen (secondary N) is 2. The van der Waals surface area contributed by atoms with Crippen molar-refractivity contribution in [2.24, 2.45) is 0 Å². The number of carbonyl (C=O) groups is 3. The molecule has 1 aromatic carbocycles. The third-order valence-electron chi connectivity index (χ3n) is 3.08. The summed E-state index contributed by atoms with van der Waals surface area (Å²) in [6.07, 6.45) is 0.929. The number of carbonyl (C=O) groups excluding carboxylic acids is 2. The van der Waals surface area contributed by atoms with Crippen LogP contribution < -0.4 is 10.6 Å². The fourth-order valence-corrected chi connectivity index (χ4v) is 2.07. The third kappa shape index (κ3) is 2.63. The van der Waals surface area contributed by atoms with Gasteiger partial charge in [0.25, 0.3) is 0 Å². The van der Waals surface area contributed by atoms with Gasteiger partial charge in [-0.2, -0.15) is 0 Å². The van der Waals surface area contributed by atoms with Crippen LogP contribution in [0.1, 0.15) is 22.3 Å². The molecule has 1 heterocycles. The molecule has 6 nitrogen and oxygen atoms in total. The van der Waals surface area contributed by atoms with E-state index in [-0.39, 0.29) is 5.91 Å². The molecule has 1 aromatic rings. The van der Waals surface area contributed by atoms with E-state index in [1.165, 1.54) is 13.1 Å². The number of carboxylic acid groups (broad SMARTS) is 1. The van der Waals surface area contributed by atoms with Crippen molar-refractivity contribution in [3.05, 3.63) is 29.3 Å². The zero-order chi connectivity index (χ0) is 14.0. The molecular weight excluding hydrogens is 248 g/mol. The molecule has 1 aliphatic rings. The predicted octanol–water partition coefficient (Wildman–Crippen LogP) is 0.427. The summed E-state index contributed by atoms with van der Waals surface area (Å²) in [6.45, 7) is 0. The van der Waals surface area contributed by atoms with E-state index in [1.807, 2.05) is 0 Å². The molecule has 0 aromatic heterocycles. The number of hydrogen-bond donors (Lipinski definition) is 3. The largest absolute Gasteiger partial charge is 0.480 e. The lowest BCUT2D eigenvalue weighted by Gasteiger charge is -2.18. The van der Waals surface area contributed by atoms with Crippen molar-refractivity contribution in [3.63, 3.8) is 0 Å². The maximum Gasteiger partial charge on any atom is 0.328 e. The quantitative estimate of drug-likeness (QED) is 0.540. The van der Waals surface area contributed by atoms with Crippen LogP contribution in [0.5, 0.6) is 0 Å². The van der Waals surface area contributed by atoms with Crippen LogP contribution in [0, 0.1) is 0 Å². The Morgan fingerprint density at radius 1 is 1.37 bits per heavy atom. The Balaban J connectivity index is 2.29. The maximum atomic E-state index is 12.0. The highest BCUT2D eigenvalue weighted by Crippen LogP contribution is 2.24. The second-order valence-corrected chi connectivity index (χ2v) is 4.34. The molecule has 1 unspecified atom stereocenters. The molecule has 0 radical (unpaired) electrons. The average Bonchev–Trinajstić information content (AvgIpc) is 2.38. The van der Waals surface area contributed by atoms with Gasteiger partial charge in [-0.3, -0.25) is 14.4 Å². The second-order valence-electron chi connectivity index (χ2n) is 4.34. The molecule has 0 saturated carbocycles. The van der Waals surface area contributed by atoms with Gasteiger partial charge >= 0.3 is 5.97 Å². The fraction of sp³-hybridized carbons (Fsp3) is 0.308. The predicted molar refractivity (Wildman–Crippen MR) is 68.2 cm³/mol. The lowest BCUT2D eigenvalue weighted by Crippen LogP contribution is -2.41. The molecule has 0 spiro atoms. The van der Waals surface area contributed by atoms with Crippen LogP contribution in [0.3, 0.4) is 0 Å². The third-order valence-corrected chi connectivity index (χ3v) is 3.08. The molecule has 100 valence electrons. The second kappa shape index (κ2) is 5.19. The minimum atomic E-state index is -1.25. The van der Waals surface area contributed by atoms with Gasteiger partial charge in [0.2, 0.25) is 5.91 Å². The number of hydrogen-bond acceptors (Lipinski definition) is 4. The van der Waals surface area contributed by atoms with Gasteiger partial charge in [0.15, 0.2) is 11.8 Å². The molecule has 19 heavy (non-hydrogen) atoms. The molecule has 1 amide bonds. The highest BCUT2D eigenvalue weighted by Gasteiger charge is 2.26. The zero-order valence-electron chi connectivity index (χ0n) is 10.4. The monoisotopic (exact) mass is 262 g/mol. The molecule has 2 rings (SSSR count). The first-order chi connectivity index (χ1) is 9.02. The number of aliphatic carboxylic acids is 1. The van der Waals surface area contributed by atoms with Crippen LogP contribution in [0.2, 0.25) is 0 Å². The highest BCUT2D eigenvalue weighted by molar-refractivity contribution is 6.12. The normalized spacial score (nSPS) is 15.3. The van der Waals surface area contributed by atoms with E-state index in [2.05, 4.69) is 10.6 Å². The number of ketones is 1. The first-order valence-corrected chi connectivity index (χ1v) is 5.90. The number of anilines is 1. The molecule has 6 heteroatoms. The van der Waals surface area contributed by atoms with Crippen LogP contribution >= 0.6 is 0 Å². The van der Waals surface area contributed by atoms with Crippen molar-refractivity contribution in [3.8, 4) is 0 Å². The topological polar surface area (TPSA) is 95.5 Å². The summed E-state index contributed by atoms with van der Waals surface area (Å²) in [5.74, 6) is -1.75. The number of benzene rings is 1. The Labute approximate surface area is 109 Å². The van der Waals surface area contributed by atoms with Crippen molar-refractivity contribution in [1.82, 2.24) is 5.32 Å². The van der Waals surface area contributed by atoms with E-state index in [4.69, 9.17) is 5.11 Å². The summed E-state index contributed by atoms with van der Waals surface area (Å²) in [6, 6.07) is 3.55. The molecule has 1 atom stereocenters. The van der Waals surface area contributed by atoms with Gasteiger partial charge < -0.3 is 15.7 Å². The van der Waals surface area contributed by atoms with Gasteiger partial charge in [-0.15, -0.1) is 0 Å². The molecule has 1 aliphatic heterocycles. The Morgan fingerprint density at radius 3 is 2.74 bits per heavy atom. The number of aryl methyl sites for hydroxylation is 1. The minimum absolute atomic E-state index is 0.0507. The van der Waals surface area contributed by atoms with Crippen molar-refractivity contribution >= 4 is 23.3 Å². The van der Waals surface area contributed by atoms with Crippen molar-refractivity contribution < 1.29 is 19.5 Å². The van der Waals surface area contributed by atoms with Crippen molar-refractivity contribution in [1.29, 1.82) is 0 Å². The van der Waals surface area contributed by atoms with Crippen molar-refractivity contribution in [2.45, 2.75) is 18.9 Å². The Hall–Kier alpha value is -2.21. The number of carboxylic acids is 1. The molecule has 0 saturated heterocycles. The molecular formula is C13H14N2O4. The van der Waals surface area contributed by atoms with Gasteiger partial charge in [0.05, 0.1) is 0 Å². The number of fused-ring (bicyclic) bond motifs is 1. The van der Waals surface area contributed by atoms with E-state index < -0.39 is 17.8 Å². The zero-order valence-corrected chi connectivity index (χ0v) is 10.4. The summed E-state index contributed by atoms with van der Waals surface area (Å²) >= 11 is 0. The molecule has 3 N–H and O–H groups in total. The van der Waals surface area contributed by atoms with E-state index in [0.717, 1.165) is 5.56 Å². The van der Waals surface area contributed by atoms with Crippen LogP contribution in [0.4, 0.5) is 5.69 Å². The summed E-state index contributed by atoms with van der Waals surface area (Å²) in [7, 11) is 1.43. The van der Waals surface area contributed by atoms with Crippen LogP contribution in [0.15, 0.2) is 18.2 Å². The fourth-order valence-electron chi connectivity index (χ4n) is 2.07. The molecule has 0 fully saturated rings. The van der Waals surface area contributed by atoms with Crippen LogP contribution in [0.25, 0.3) is 0 Å². The Morgan fingerprint density at radius 2 is 2.11 bits per heavy atom. The van der Waals surface area contributed by atoms with Gasteiger partial charge in [-0.05, 0) is 37.2 Å². The van der Waals surface area contributed by atoms with Gasteiger partial charge in [0.1, 0.15) is 0 Å². The van der Waals surface area contributed by atoms with Gasteiger partial charge in [-0.1, -0.05) is 0 Å². The van der Waals surface area contributed by atoms with Gasteiger partial charge in [-0.25, -0.2) is 0 Å². The molecule has 0 bridgehead atoms. The lowest BCUT2D eigenvalue weighted by molar-refractivity contribution is -0.137. The lowest BCUT2D eigenvalue weighted by atomic mass is 9.96. The first kappa shape index (κ1) is 13.2. The number of Topliss-reactive ketones (excluding diaryl/α,β-unsaturated/α-hetero) is 1. The molecule has 0 aliphatic carbocycles. The van der Waals surface area contributed by atoms with E-state index in [9.17, 15) is 14.4 Å². The maximum absolute atomic E-state index is 12.0. The van der Waals surface area contributed by atoms with Gasteiger partial charge in [0, 0.05) is 17.7 Å². The number of rotatable bonds is 4. The standard InChI is InChI=1S/C13H14N2O4/c1-14-11(13(18)19)12(17)8-2-4-9-7(6-8)3-5-10(16)15-9/h2,4,6,11,14H,3,5H2,1H3,(H,15,16)(H,18,19). The van der Waals surface area contributed by atoms with Crippen molar-refractivity contribution in [2.75, 3.05) is 12.4 Å². The average molecular weight is 262 g/mol. The van der Waals surface area contributed by atoms with Crippen LogP contribution in [-0.4, -0.2) is 35.9 Å². The Kier molecular flexibility index (Phi) is 3.62. The Bertz CT molecular complexity index is 554. The summed E-state index contributed by atoms with van der Waals surface area (Å²) < 4.78 is 0. The SMILES string of the molecule is CNC(C(=O)O)C(=O)c1ccc2c(c1)CCC(=O)N2. The summed E-state index contributed by atoms with van der Waals surface area (Å²) in [4.78, 5) is 34.2. The smallest absolute Gasteiger partial charge is 0.328 e. The number of amides is 1. The first-order valence-electron chi connectivity index (χ1n) is 5.90. The highest BCUT2D eigenvalue weighted by atomic mass is 16.4. The van der Waals surface area contributed by atoms with E-state index in [1.54, 1.807) is 12.1 Å². The number of likely N-dealkylation sites (N-methyl/N-ethyl adjacent to an activating group) is 1. The van der Waals surface area contributed by atoms with E-state index in [0.29, 0.717) is 24.1 Å². The van der Waals surface area contributed by atoms with Crippen LogP contribution in [-0.2, 0) is 16.0 Å². The summed E-state index contributed by atoms with van der Waals surface area (Å²) in [5, 5.41) is 14.1. The summed E-state index contributed by atoms with van der Waals surface area (Å²) in [5.41, 5.74) is 1.87. The van der Waals surface area contributed by atoms with E-state index >= 15 is 0 Å².